The molecule has 6 heteroatoms. The third-order valence-corrected chi connectivity index (χ3v) is 2.68. The number of pyridine rings is 1. The van der Waals surface area contributed by atoms with E-state index < -0.39 is 0 Å². The number of hydrogen-bond donors (Lipinski definition) is 3. The largest absolute Gasteiger partial charge is 0.353 e. The normalized spacial score (nSPS) is 20.5. The number of nitrogens with zero attached hydrogens (tertiary/aromatic N) is 2. The predicted octanol–water partition coefficient (Wildman–Crippen LogP) is -0.308. The van der Waals surface area contributed by atoms with Crippen LogP contribution < -0.4 is 21.5 Å². The summed E-state index contributed by atoms with van der Waals surface area (Å²) in [6, 6.07) is 5.31. The van der Waals surface area contributed by atoms with Crippen LogP contribution in [0.4, 0.5) is 11.6 Å². The number of aromatic nitrogens is 1. The van der Waals surface area contributed by atoms with E-state index in [2.05, 4.69) is 15.7 Å². The Bertz CT molecular complexity index is 395. The molecule has 0 spiro atoms. The van der Waals surface area contributed by atoms with Gasteiger partial charge in [0, 0.05) is 13.1 Å². The van der Waals surface area contributed by atoms with Crippen molar-refractivity contribution >= 4 is 17.5 Å². The molecule has 1 unspecified atom stereocenters. The Morgan fingerprint density at radius 1 is 1.62 bits per heavy atom. The van der Waals surface area contributed by atoms with E-state index >= 15 is 0 Å². The summed E-state index contributed by atoms with van der Waals surface area (Å²) in [7, 11) is 0. The number of nitrogens with two attached hydrogens (primary N) is 1. The van der Waals surface area contributed by atoms with Crippen molar-refractivity contribution in [2.24, 2.45) is 5.84 Å². The first-order valence-corrected chi connectivity index (χ1v) is 5.20. The van der Waals surface area contributed by atoms with E-state index in [0.717, 1.165) is 12.4 Å². The molecule has 2 rings (SSSR count). The number of hydrazine groups is 1. The van der Waals surface area contributed by atoms with Gasteiger partial charge in [0.2, 0.25) is 5.91 Å². The van der Waals surface area contributed by atoms with Gasteiger partial charge in [-0.2, -0.15) is 0 Å². The van der Waals surface area contributed by atoms with Crippen molar-refractivity contribution in [3.05, 3.63) is 18.2 Å². The van der Waals surface area contributed by atoms with Crippen LogP contribution in [0.25, 0.3) is 0 Å². The lowest BCUT2D eigenvalue weighted by Crippen LogP contribution is -2.54. The number of rotatable bonds is 2. The molecule has 0 bridgehead atoms. The number of nitrogens with one attached hydrogen (secondary N) is 2. The zero-order chi connectivity index (χ0) is 11.5. The van der Waals surface area contributed by atoms with Crippen molar-refractivity contribution in [3.8, 4) is 0 Å². The van der Waals surface area contributed by atoms with E-state index in [4.69, 9.17) is 5.84 Å². The summed E-state index contributed by atoms with van der Waals surface area (Å²) in [5.74, 6) is 6.68. The SMILES string of the molecule is CC1C(=O)NCCN1c1cccc(NN)n1. The number of hydrogen-bond acceptors (Lipinski definition) is 5. The molecule has 4 N–H and O–H groups in total. The molecule has 0 aliphatic carbocycles. The highest BCUT2D eigenvalue weighted by Crippen LogP contribution is 2.17. The average molecular weight is 221 g/mol. The van der Waals surface area contributed by atoms with Crippen molar-refractivity contribution in [3.63, 3.8) is 0 Å². The Morgan fingerprint density at radius 3 is 3.19 bits per heavy atom. The van der Waals surface area contributed by atoms with Gasteiger partial charge in [0.05, 0.1) is 0 Å². The average Bonchev–Trinajstić information content (AvgIpc) is 2.33. The Balaban J connectivity index is 2.25. The number of nitrogen functional groups attached to an aromatic ring is 1. The lowest BCUT2D eigenvalue weighted by Gasteiger charge is -2.33. The van der Waals surface area contributed by atoms with E-state index in [1.165, 1.54) is 0 Å². The summed E-state index contributed by atoms with van der Waals surface area (Å²) >= 11 is 0. The van der Waals surface area contributed by atoms with Gasteiger partial charge in [-0.25, -0.2) is 10.8 Å². The number of carbonyl (C=O) groups excluding carboxylic acids is 1. The Kier molecular flexibility index (Phi) is 2.91. The highest BCUT2D eigenvalue weighted by atomic mass is 16.2. The molecule has 1 saturated heterocycles. The van der Waals surface area contributed by atoms with Crippen molar-refractivity contribution < 1.29 is 4.79 Å². The first-order chi connectivity index (χ1) is 7.72. The molecule has 1 amide bonds. The third kappa shape index (κ3) is 1.92. The second kappa shape index (κ2) is 4.36. The van der Waals surface area contributed by atoms with Gasteiger partial charge in [0.15, 0.2) is 0 Å². The monoisotopic (exact) mass is 221 g/mol. The van der Waals surface area contributed by atoms with Crippen molar-refractivity contribution in [2.45, 2.75) is 13.0 Å². The summed E-state index contributed by atoms with van der Waals surface area (Å²) in [5.41, 5.74) is 2.49. The minimum Gasteiger partial charge on any atom is -0.353 e. The highest BCUT2D eigenvalue weighted by Gasteiger charge is 2.26. The van der Waals surface area contributed by atoms with Crippen LogP contribution in [0.5, 0.6) is 0 Å². The van der Waals surface area contributed by atoms with Crippen LogP contribution >= 0.6 is 0 Å². The van der Waals surface area contributed by atoms with Gasteiger partial charge in [-0.05, 0) is 19.1 Å². The standard InChI is InChI=1S/C10H15N5O/c1-7-10(16)12-5-6-15(7)9-4-2-3-8(13-9)14-11/h2-4,7H,5-6,11H2,1H3,(H,12,16)(H,13,14). The molecule has 86 valence electrons. The lowest BCUT2D eigenvalue weighted by molar-refractivity contribution is -0.122. The second-order valence-electron chi connectivity index (χ2n) is 3.69. The first kappa shape index (κ1) is 10.7. The summed E-state index contributed by atoms with van der Waals surface area (Å²) in [6.07, 6.45) is 0. The smallest absolute Gasteiger partial charge is 0.242 e. The minimum atomic E-state index is -0.200. The van der Waals surface area contributed by atoms with E-state index in [1.54, 1.807) is 6.07 Å². The second-order valence-corrected chi connectivity index (χ2v) is 3.69. The topological polar surface area (TPSA) is 83.3 Å². The number of piperazine rings is 1. The van der Waals surface area contributed by atoms with Crippen molar-refractivity contribution in [1.29, 1.82) is 0 Å². The lowest BCUT2D eigenvalue weighted by atomic mass is 10.2. The summed E-state index contributed by atoms with van der Waals surface area (Å²) in [6.45, 7) is 3.26. The third-order valence-electron chi connectivity index (χ3n) is 2.68. The molecule has 1 aromatic rings. The Hall–Kier alpha value is -1.82. The van der Waals surface area contributed by atoms with E-state index in [0.29, 0.717) is 12.4 Å². The fourth-order valence-electron chi connectivity index (χ4n) is 1.76. The van der Waals surface area contributed by atoms with Crippen LogP contribution in [-0.2, 0) is 4.79 Å². The molecule has 1 fully saturated rings. The summed E-state index contributed by atoms with van der Waals surface area (Å²) in [5, 5.41) is 2.81. The molecule has 1 atom stereocenters. The van der Waals surface area contributed by atoms with E-state index in [1.807, 2.05) is 24.0 Å². The van der Waals surface area contributed by atoms with Gasteiger partial charge in [-0.3, -0.25) is 4.79 Å². The number of anilines is 2. The zero-order valence-corrected chi connectivity index (χ0v) is 9.10. The molecule has 0 saturated carbocycles. The highest BCUT2D eigenvalue weighted by molar-refractivity contribution is 5.85. The molecule has 16 heavy (non-hydrogen) atoms. The van der Waals surface area contributed by atoms with E-state index in [-0.39, 0.29) is 11.9 Å². The maximum Gasteiger partial charge on any atom is 0.242 e. The molecular formula is C10H15N5O. The van der Waals surface area contributed by atoms with Crippen LogP contribution in [0.15, 0.2) is 18.2 Å². The predicted molar refractivity (Wildman–Crippen MR) is 61.9 cm³/mol. The molecule has 6 nitrogen and oxygen atoms in total. The molecule has 1 aromatic heterocycles. The van der Waals surface area contributed by atoms with Gasteiger partial charge in [-0.1, -0.05) is 6.07 Å². The van der Waals surface area contributed by atoms with Crippen molar-refractivity contribution in [1.82, 2.24) is 10.3 Å². The maximum absolute atomic E-state index is 11.5. The van der Waals surface area contributed by atoms with Gasteiger partial charge < -0.3 is 15.6 Å². The molecule has 1 aliphatic rings. The van der Waals surface area contributed by atoms with Crippen LogP contribution in [0, 0.1) is 0 Å². The molecule has 0 radical (unpaired) electrons. The number of amides is 1. The maximum atomic E-state index is 11.5. The number of carbonyl (C=O) groups is 1. The van der Waals surface area contributed by atoms with Gasteiger partial charge in [-0.15, -0.1) is 0 Å². The molecule has 1 aliphatic heterocycles. The quantitative estimate of drug-likeness (QED) is 0.471. The van der Waals surface area contributed by atoms with Gasteiger partial charge >= 0.3 is 0 Å². The van der Waals surface area contributed by atoms with Crippen LogP contribution in [0.2, 0.25) is 0 Å². The minimum absolute atomic E-state index is 0.0270. The van der Waals surface area contributed by atoms with Gasteiger partial charge in [0.1, 0.15) is 17.7 Å². The summed E-state index contributed by atoms with van der Waals surface area (Å²) < 4.78 is 0. The fourth-order valence-corrected chi connectivity index (χ4v) is 1.76. The van der Waals surface area contributed by atoms with Gasteiger partial charge in [0.25, 0.3) is 0 Å². The first-order valence-electron chi connectivity index (χ1n) is 5.20. The van der Waals surface area contributed by atoms with Crippen LogP contribution in [0.3, 0.4) is 0 Å². The van der Waals surface area contributed by atoms with Crippen molar-refractivity contribution in [2.75, 3.05) is 23.4 Å². The van der Waals surface area contributed by atoms with Crippen LogP contribution in [-0.4, -0.2) is 30.0 Å². The van der Waals surface area contributed by atoms with E-state index in [9.17, 15) is 4.79 Å². The zero-order valence-electron chi connectivity index (χ0n) is 9.10. The molecule has 0 aromatic carbocycles. The Labute approximate surface area is 93.8 Å². The fraction of sp³-hybridized carbons (Fsp3) is 0.400. The Morgan fingerprint density at radius 2 is 2.44 bits per heavy atom. The summed E-state index contributed by atoms with van der Waals surface area (Å²) in [4.78, 5) is 17.8. The van der Waals surface area contributed by atoms with Crippen LogP contribution in [0.1, 0.15) is 6.92 Å². The molecular weight excluding hydrogens is 206 g/mol. The molecule has 2 heterocycles.